The third-order valence-electron chi connectivity index (χ3n) is 2.18. The molecule has 4 nitrogen and oxygen atoms in total. The van der Waals surface area contributed by atoms with Crippen molar-refractivity contribution in [2.24, 2.45) is 0 Å². The van der Waals surface area contributed by atoms with Gasteiger partial charge in [0.1, 0.15) is 0 Å². The average Bonchev–Trinajstić information content (AvgIpc) is 2.14. The summed E-state index contributed by atoms with van der Waals surface area (Å²) in [5.41, 5.74) is 0.886. The Kier molecular flexibility index (Phi) is 5.48. The van der Waals surface area contributed by atoms with Crippen LogP contribution < -0.4 is 10.1 Å². The molecular formula is C12H20ClN3O. The Balaban J connectivity index is 2.69. The van der Waals surface area contributed by atoms with Crippen LogP contribution in [0, 0.1) is 6.92 Å². The predicted molar refractivity (Wildman–Crippen MR) is 71.0 cm³/mol. The predicted octanol–water partition coefficient (Wildman–Crippen LogP) is 3.00. The topological polar surface area (TPSA) is 47.0 Å². The molecule has 1 aromatic heterocycles. The first-order valence-electron chi connectivity index (χ1n) is 5.90. The molecule has 1 N–H and O–H groups in total. The van der Waals surface area contributed by atoms with Crippen molar-refractivity contribution < 1.29 is 4.74 Å². The Morgan fingerprint density at radius 3 is 2.71 bits per heavy atom. The van der Waals surface area contributed by atoms with Crippen LogP contribution in [-0.2, 0) is 0 Å². The van der Waals surface area contributed by atoms with E-state index in [1.54, 1.807) is 0 Å². The van der Waals surface area contributed by atoms with Crippen LogP contribution in [0.5, 0.6) is 5.88 Å². The lowest BCUT2D eigenvalue weighted by Gasteiger charge is -2.15. The third-order valence-corrected chi connectivity index (χ3v) is 2.35. The monoisotopic (exact) mass is 257 g/mol. The lowest BCUT2D eigenvalue weighted by Crippen LogP contribution is -2.20. The number of halogens is 1. The van der Waals surface area contributed by atoms with Gasteiger partial charge in [-0.05, 0) is 34.1 Å². The Bertz CT molecular complexity index is 358. The van der Waals surface area contributed by atoms with Crippen molar-refractivity contribution in [1.82, 2.24) is 9.97 Å². The van der Waals surface area contributed by atoms with Crippen molar-refractivity contribution >= 4 is 17.5 Å². The maximum absolute atomic E-state index is 5.95. The fourth-order valence-electron chi connectivity index (χ4n) is 1.59. The van der Waals surface area contributed by atoms with Crippen LogP contribution in [0.25, 0.3) is 0 Å². The summed E-state index contributed by atoms with van der Waals surface area (Å²) in [6.45, 7) is 8.49. The Morgan fingerprint density at radius 2 is 2.12 bits per heavy atom. The van der Waals surface area contributed by atoms with Crippen LogP contribution in [0.3, 0.4) is 0 Å². The van der Waals surface area contributed by atoms with E-state index >= 15 is 0 Å². The lowest BCUT2D eigenvalue weighted by atomic mass is 10.2. The van der Waals surface area contributed by atoms with E-state index in [9.17, 15) is 0 Å². The summed E-state index contributed by atoms with van der Waals surface area (Å²) < 4.78 is 5.37. The molecule has 0 aromatic carbocycles. The van der Waals surface area contributed by atoms with Gasteiger partial charge >= 0.3 is 0 Å². The second-order valence-corrected chi connectivity index (χ2v) is 4.91. The normalized spacial score (nSPS) is 14.2. The first-order valence-corrected chi connectivity index (χ1v) is 6.34. The molecule has 0 saturated carbocycles. The number of aryl methyl sites for hydroxylation is 1. The number of ether oxygens (including phenoxy) is 1. The fraction of sp³-hybridized carbons (Fsp3) is 0.667. The van der Waals surface area contributed by atoms with Crippen LogP contribution in [0.4, 0.5) is 5.95 Å². The largest absolute Gasteiger partial charge is 0.478 e. The van der Waals surface area contributed by atoms with Gasteiger partial charge in [-0.1, -0.05) is 0 Å². The standard InChI is InChI=1S/C12H20ClN3O/c1-5-17-11-7-10(4)15-12(16-11)14-9(3)6-8(2)13/h7-9H,5-6H2,1-4H3,(H,14,15,16). The van der Waals surface area contributed by atoms with E-state index in [1.807, 2.05) is 26.8 Å². The summed E-state index contributed by atoms with van der Waals surface area (Å²) in [4.78, 5) is 8.60. The van der Waals surface area contributed by atoms with E-state index < -0.39 is 0 Å². The number of nitrogens with one attached hydrogen (secondary N) is 1. The summed E-state index contributed by atoms with van der Waals surface area (Å²) in [7, 11) is 0. The summed E-state index contributed by atoms with van der Waals surface area (Å²) in [5, 5.41) is 3.36. The molecule has 0 bridgehead atoms. The Morgan fingerprint density at radius 1 is 1.41 bits per heavy atom. The maximum Gasteiger partial charge on any atom is 0.226 e. The molecule has 0 aliphatic heterocycles. The summed E-state index contributed by atoms with van der Waals surface area (Å²) >= 11 is 5.95. The number of hydrogen-bond acceptors (Lipinski definition) is 4. The van der Waals surface area contributed by atoms with Gasteiger partial charge in [-0.3, -0.25) is 0 Å². The number of hydrogen-bond donors (Lipinski definition) is 1. The summed E-state index contributed by atoms with van der Waals surface area (Å²) in [6.07, 6.45) is 0.864. The van der Waals surface area contributed by atoms with Gasteiger partial charge in [-0.15, -0.1) is 11.6 Å². The van der Waals surface area contributed by atoms with Crippen LogP contribution in [0.15, 0.2) is 6.07 Å². The zero-order valence-corrected chi connectivity index (χ0v) is 11.6. The van der Waals surface area contributed by atoms with Crippen LogP contribution in [-0.4, -0.2) is 28.0 Å². The molecule has 96 valence electrons. The second-order valence-electron chi connectivity index (χ2n) is 4.17. The molecule has 1 rings (SSSR count). The maximum atomic E-state index is 5.95. The zero-order valence-electron chi connectivity index (χ0n) is 10.8. The van der Waals surface area contributed by atoms with Gasteiger partial charge in [0.2, 0.25) is 11.8 Å². The van der Waals surface area contributed by atoms with Crippen molar-refractivity contribution in [2.75, 3.05) is 11.9 Å². The lowest BCUT2D eigenvalue weighted by molar-refractivity contribution is 0.326. The van der Waals surface area contributed by atoms with Gasteiger partial charge in [0.15, 0.2) is 0 Å². The molecule has 17 heavy (non-hydrogen) atoms. The van der Waals surface area contributed by atoms with Gasteiger partial charge < -0.3 is 10.1 Å². The van der Waals surface area contributed by atoms with Crippen molar-refractivity contribution in [3.63, 3.8) is 0 Å². The molecule has 2 atom stereocenters. The molecule has 1 heterocycles. The first kappa shape index (κ1) is 14.0. The summed E-state index contributed by atoms with van der Waals surface area (Å²) in [6, 6.07) is 2.06. The van der Waals surface area contributed by atoms with E-state index in [4.69, 9.17) is 16.3 Å². The average molecular weight is 258 g/mol. The first-order chi connectivity index (χ1) is 8.01. The number of nitrogens with zero attached hydrogens (tertiary/aromatic N) is 2. The SMILES string of the molecule is CCOc1cc(C)nc(NC(C)CC(C)Cl)n1. The molecule has 0 radical (unpaired) electrons. The summed E-state index contributed by atoms with van der Waals surface area (Å²) in [5.74, 6) is 1.20. The minimum absolute atomic E-state index is 0.133. The van der Waals surface area contributed by atoms with Crippen molar-refractivity contribution in [3.8, 4) is 5.88 Å². The van der Waals surface area contributed by atoms with E-state index in [2.05, 4.69) is 22.2 Å². The minimum atomic E-state index is 0.133. The molecular weight excluding hydrogens is 238 g/mol. The third kappa shape index (κ3) is 5.22. The van der Waals surface area contributed by atoms with E-state index in [0.717, 1.165) is 12.1 Å². The molecule has 0 aliphatic carbocycles. The Labute approximate surface area is 108 Å². The molecule has 0 spiro atoms. The Hall–Kier alpha value is -1.03. The van der Waals surface area contributed by atoms with Gasteiger partial charge in [-0.2, -0.15) is 4.98 Å². The molecule has 0 fully saturated rings. The van der Waals surface area contributed by atoms with Crippen LogP contribution in [0.1, 0.15) is 32.9 Å². The highest BCUT2D eigenvalue weighted by atomic mass is 35.5. The molecule has 2 unspecified atom stereocenters. The molecule has 0 amide bonds. The van der Waals surface area contributed by atoms with E-state index in [-0.39, 0.29) is 11.4 Å². The smallest absolute Gasteiger partial charge is 0.226 e. The van der Waals surface area contributed by atoms with Gasteiger partial charge in [0.25, 0.3) is 0 Å². The van der Waals surface area contributed by atoms with E-state index in [0.29, 0.717) is 18.4 Å². The molecule has 0 aliphatic rings. The molecule has 5 heteroatoms. The van der Waals surface area contributed by atoms with Gasteiger partial charge in [-0.25, -0.2) is 4.98 Å². The zero-order chi connectivity index (χ0) is 12.8. The van der Waals surface area contributed by atoms with Crippen LogP contribution >= 0.6 is 11.6 Å². The minimum Gasteiger partial charge on any atom is -0.478 e. The second kappa shape index (κ2) is 6.64. The number of rotatable bonds is 6. The highest BCUT2D eigenvalue weighted by Gasteiger charge is 2.09. The number of anilines is 1. The van der Waals surface area contributed by atoms with Gasteiger partial charge in [0.05, 0.1) is 6.61 Å². The molecule has 1 aromatic rings. The van der Waals surface area contributed by atoms with E-state index in [1.165, 1.54) is 0 Å². The van der Waals surface area contributed by atoms with Crippen molar-refractivity contribution in [3.05, 3.63) is 11.8 Å². The van der Waals surface area contributed by atoms with Crippen LogP contribution in [0.2, 0.25) is 0 Å². The highest BCUT2D eigenvalue weighted by molar-refractivity contribution is 6.20. The quantitative estimate of drug-likeness (QED) is 0.796. The van der Waals surface area contributed by atoms with Gasteiger partial charge in [0, 0.05) is 23.2 Å². The van der Waals surface area contributed by atoms with Crippen molar-refractivity contribution in [1.29, 1.82) is 0 Å². The molecule has 0 saturated heterocycles. The van der Waals surface area contributed by atoms with Crippen molar-refractivity contribution in [2.45, 2.75) is 45.5 Å². The number of aromatic nitrogens is 2. The number of alkyl halides is 1. The fourth-order valence-corrected chi connectivity index (χ4v) is 1.86. The highest BCUT2D eigenvalue weighted by Crippen LogP contribution is 2.14.